The summed E-state index contributed by atoms with van der Waals surface area (Å²) in [6.07, 6.45) is 0.827. The summed E-state index contributed by atoms with van der Waals surface area (Å²) in [4.78, 5) is 25.8. The Hall–Kier alpha value is -2.33. The summed E-state index contributed by atoms with van der Waals surface area (Å²) in [5.74, 6) is -0.477. The van der Waals surface area contributed by atoms with Gasteiger partial charge in [-0.25, -0.2) is 0 Å². The average Bonchev–Trinajstić information content (AvgIpc) is 2.54. The second-order valence-corrected chi connectivity index (χ2v) is 5.67. The molecular formula is C18H19ClN2O2. The van der Waals surface area contributed by atoms with Gasteiger partial charge in [0.1, 0.15) is 0 Å². The lowest BCUT2D eigenvalue weighted by Crippen LogP contribution is -2.35. The summed E-state index contributed by atoms with van der Waals surface area (Å²) < 4.78 is 0. The third kappa shape index (κ3) is 4.57. The van der Waals surface area contributed by atoms with Crippen LogP contribution in [0, 0.1) is 0 Å². The zero-order valence-electron chi connectivity index (χ0n) is 13.2. The Balaban J connectivity index is 2.01. The van der Waals surface area contributed by atoms with Crippen molar-refractivity contribution in [2.75, 3.05) is 18.9 Å². The monoisotopic (exact) mass is 330 g/mol. The van der Waals surface area contributed by atoms with Gasteiger partial charge in [-0.05, 0) is 36.2 Å². The van der Waals surface area contributed by atoms with Crippen LogP contribution in [0.3, 0.4) is 0 Å². The molecule has 2 amide bonds. The van der Waals surface area contributed by atoms with Gasteiger partial charge in [0.2, 0.25) is 5.91 Å². The van der Waals surface area contributed by atoms with E-state index in [1.165, 1.54) is 4.90 Å². The van der Waals surface area contributed by atoms with Crippen LogP contribution in [0.5, 0.6) is 0 Å². The van der Waals surface area contributed by atoms with Crippen LogP contribution in [0.2, 0.25) is 5.02 Å². The van der Waals surface area contributed by atoms with Crippen LogP contribution in [0.25, 0.3) is 0 Å². The van der Waals surface area contributed by atoms with Crippen molar-refractivity contribution in [2.24, 2.45) is 0 Å². The number of amides is 2. The number of halogens is 1. The lowest BCUT2D eigenvalue weighted by atomic mass is 10.1. The van der Waals surface area contributed by atoms with Gasteiger partial charge in [-0.2, -0.15) is 0 Å². The lowest BCUT2D eigenvalue weighted by molar-refractivity contribution is -0.116. The van der Waals surface area contributed by atoms with E-state index >= 15 is 0 Å². The highest BCUT2D eigenvalue weighted by atomic mass is 35.5. The fraction of sp³-hybridized carbons (Fsp3) is 0.222. The Labute approximate surface area is 141 Å². The number of aryl methyl sites for hydroxylation is 1. The third-order valence-electron chi connectivity index (χ3n) is 3.47. The van der Waals surface area contributed by atoms with Crippen LogP contribution in [0.15, 0.2) is 48.5 Å². The molecule has 120 valence electrons. The van der Waals surface area contributed by atoms with Gasteiger partial charge < -0.3 is 10.2 Å². The van der Waals surface area contributed by atoms with Crippen molar-refractivity contribution in [3.8, 4) is 0 Å². The number of nitrogens with zero attached hydrogens (tertiary/aromatic N) is 1. The topological polar surface area (TPSA) is 49.4 Å². The highest BCUT2D eigenvalue weighted by molar-refractivity contribution is 6.31. The number of hydrogen-bond donors (Lipinski definition) is 1. The second-order valence-electron chi connectivity index (χ2n) is 5.23. The van der Waals surface area contributed by atoms with Crippen LogP contribution in [-0.4, -0.2) is 30.3 Å². The molecule has 2 rings (SSSR count). The molecule has 4 nitrogen and oxygen atoms in total. The maximum Gasteiger partial charge on any atom is 0.254 e. The first-order valence-corrected chi connectivity index (χ1v) is 7.78. The minimum absolute atomic E-state index is 0.0244. The Kier molecular flexibility index (Phi) is 5.77. The molecule has 2 aromatic rings. The predicted molar refractivity (Wildman–Crippen MR) is 92.9 cm³/mol. The summed E-state index contributed by atoms with van der Waals surface area (Å²) in [5.41, 5.74) is 2.30. The maximum absolute atomic E-state index is 12.3. The van der Waals surface area contributed by atoms with E-state index in [2.05, 4.69) is 5.32 Å². The minimum atomic E-state index is -0.244. The number of nitrogens with one attached hydrogen (secondary N) is 1. The van der Waals surface area contributed by atoms with E-state index in [4.69, 9.17) is 11.6 Å². The average molecular weight is 331 g/mol. The van der Waals surface area contributed by atoms with Crippen LogP contribution in [0.4, 0.5) is 5.69 Å². The van der Waals surface area contributed by atoms with Crippen LogP contribution in [0.1, 0.15) is 22.8 Å². The molecule has 0 fully saturated rings. The largest absolute Gasteiger partial charge is 0.332 e. The first-order valence-electron chi connectivity index (χ1n) is 7.40. The molecule has 0 saturated heterocycles. The highest BCUT2D eigenvalue weighted by Gasteiger charge is 2.15. The molecule has 23 heavy (non-hydrogen) atoms. The molecule has 5 heteroatoms. The second kappa shape index (κ2) is 7.79. The number of likely N-dealkylation sites (N-methyl/N-ethyl adjacent to an activating group) is 1. The number of anilines is 1. The number of carbonyl (C=O) groups is 2. The molecule has 0 aromatic heterocycles. The van der Waals surface area contributed by atoms with Crippen molar-refractivity contribution in [1.29, 1.82) is 0 Å². The van der Waals surface area contributed by atoms with Crippen LogP contribution < -0.4 is 5.32 Å². The van der Waals surface area contributed by atoms with Gasteiger partial charge in [0.15, 0.2) is 0 Å². The lowest BCUT2D eigenvalue weighted by Gasteiger charge is -2.17. The Morgan fingerprint density at radius 1 is 1.13 bits per heavy atom. The summed E-state index contributed by atoms with van der Waals surface area (Å²) in [6, 6.07) is 14.3. The molecule has 0 spiro atoms. The first-order chi connectivity index (χ1) is 11.0. The van der Waals surface area contributed by atoms with Crippen molar-refractivity contribution in [3.05, 3.63) is 64.7 Å². The maximum atomic E-state index is 12.3. The van der Waals surface area contributed by atoms with Gasteiger partial charge in [-0.3, -0.25) is 9.59 Å². The molecule has 0 radical (unpaired) electrons. The van der Waals surface area contributed by atoms with Gasteiger partial charge >= 0.3 is 0 Å². The van der Waals surface area contributed by atoms with E-state index in [1.807, 2.05) is 31.2 Å². The van der Waals surface area contributed by atoms with Crippen LogP contribution in [-0.2, 0) is 11.2 Å². The smallest absolute Gasteiger partial charge is 0.254 e. The first kappa shape index (κ1) is 17.0. The highest BCUT2D eigenvalue weighted by Crippen LogP contribution is 2.16. The Bertz CT molecular complexity index is 716. The molecule has 0 aliphatic rings. The van der Waals surface area contributed by atoms with Crippen LogP contribution >= 0.6 is 11.6 Å². The zero-order chi connectivity index (χ0) is 16.8. The van der Waals surface area contributed by atoms with E-state index < -0.39 is 0 Å². The van der Waals surface area contributed by atoms with Gasteiger partial charge in [-0.1, -0.05) is 42.8 Å². The molecule has 2 aromatic carbocycles. The molecule has 0 saturated carbocycles. The normalized spacial score (nSPS) is 10.2. The van der Waals surface area contributed by atoms with Crippen molar-refractivity contribution in [1.82, 2.24) is 4.90 Å². The molecule has 0 atom stereocenters. The summed E-state index contributed by atoms with van der Waals surface area (Å²) in [6.45, 7) is 2.00. The molecule has 0 aliphatic carbocycles. The van der Waals surface area contributed by atoms with Crippen molar-refractivity contribution in [3.63, 3.8) is 0 Å². The number of benzene rings is 2. The van der Waals surface area contributed by atoms with Crippen molar-refractivity contribution < 1.29 is 9.59 Å². The molecule has 0 bridgehead atoms. The SMILES string of the molecule is CCc1ccccc1NC(=O)CN(C)C(=O)c1cccc(Cl)c1. The fourth-order valence-corrected chi connectivity index (χ4v) is 2.46. The molecule has 1 N–H and O–H groups in total. The predicted octanol–water partition coefficient (Wildman–Crippen LogP) is 3.61. The minimum Gasteiger partial charge on any atom is -0.332 e. The quantitative estimate of drug-likeness (QED) is 0.910. The standard InChI is InChI=1S/C18H19ClN2O2/c1-3-13-7-4-5-10-16(13)20-17(22)12-21(2)18(23)14-8-6-9-15(19)11-14/h4-11H,3,12H2,1-2H3,(H,20,22). The summed E-state index contributed by atoms with van der Waals surface area (Å²) in [5, 5.41) is 3.34. The van der Waals surface area contributed by atoms with E-state index in [1.54, 1.807) is 31.3 Å². The van der Waals surface area contributed by atoms with E-state index in [-0.39, 0.29) is 18.4 Å². The summed E-state index contributed by atoms with van der Waals surface area (Å²) >= 11 is 5.89. The molecule has 0 aliphatic heterocycles. The Morgan fingerprint density at radius 2 is 1.87 bits per heavy atom. The fourth-order valence-electron chi connectivity index (χ4n) is 2.27. The zero-order valence-corrected chi connectivity index (χ0v) is 13.9. The third-order valence-corrected chi connectivity index (χ3v) is 3.71. The number of hydrogen-bond acceptors (Lipinski definition) is 2. The van der Waals surface area contributed by atoms with E-state index in [0.717, 1.165) is 17.7 Å². The molecule has 0 unspecified atom stereocenters. The summed E-state index contributed by atoms with van der Waals surface area (Å²) in [7, 11) is 1.59. The number of carbonyl (C=O) groups excluding carboxylic acids is 2. The number of para-hydroxylation sites is 1. The van der Waals surface area contributed by atoms with E-state index in [0.29, 0.717) is 10.6 Å². The number of rotatable bonds is 5. The van der Waals surface area contributed by atoms with Crippen molar-refractivity contribution in [2.45, 2.75) is 13.3 Å². The van der Waals surface area contributed by atoms with Gasteiger partial charge in [0, 0.05) is 23.3 Å². The molecular weight excluding hydrogens is 312 g/mol. The molecule has 0 heterocycles. The van der Waals surface area contributed by atoms with Gasteiger partial charge in [0.05, 0.1) is 6.54 Å². The van der Waals surface area contributed by atoms with Crippen molar-refractivity contribution >= 4 is 29.1 Å². The van der Waals surface area contributed by atoms with Gasteiger partial charge in [0.25, 0.3) is 5.91 Å². The Morgan fingerprint density at radius 3 is 2.57 bits per heavy atom. The van der Waals surface area contributed by atoms with E-state index in [9.17, 15) is 9.59 Å². The van der Waals surface area contributed by atoms with Gasteiger partial charge in [-0.15, -0.1) is 0 Å².